The largest absolute Gasteiger partial charge is 0.321 e. The Morgan fingerprint density at radius 1 is 1.06 bits per heavy atom. The first kappa shape index (κ1) is 12.1. The third-order valence-electron chi connectivity index (χ3n) is 2.81. The summed E-state index contributed by atoms with van der Waals surface area (Å²) in [4.78, 5) is 0. The lowest BCUT2D eigenvalue weighted by Crippen LogP contribution is -2.32. The highest BCUT2D eigenvalue weighted by molar-refractivity contribution is 6.04. The highest BCUT2D eigenvalue weighted by atomic mass is 15.3. The van der Waals surface area contributed by atoms with E-state index in [1.165, 1.54) is 5.56 Å². The summed E-state index contributed by atoms with van der Waals surface area (Å²) in [5.74, 6) is 11.2. The Hall–Kier alpha value is -2.33. The molecule has 4 heteroatoms. The van der Waals surface area contributed by atoms with Gasteiger partial charge >= 0.3 is 0 Å². The molecule has 0 aliphatic rings. The molecule has 0 heterocycles. The number of hydrogen-bond donors (Lipinski definition) is 3. The molecule has 18 heavy (non-hydrogen) atoms. The Kier molecular flexibility index (Phi) is 3.60. The van der Waals surface area contributed by atoms with Crippen LogP contribution in [0, 0.1) is 6.92 Å². The normalized spacial score (nSPS) is 11.3. The summed E-state index contributed by atoms with van der Waals surface area (Å²) in [5.41, 5.74) is 6.76. The van der Waals surface area contributed by atoms with E-state index in [1.807, 2.05) is 24.3 Å². The minimum atomic E-state index is 0.464. The van der Waals surface area contributed by atoms with Crippen LogP contribution in [0.5, 0.6) is 0 Å². The van der Waals surface area contributed by atoms with Crippen LogP contribution in [0.15, 0.2) is 53.6 Å². The number of hydrogen-bond acceptors (Lipinski definition) is 3. The van der Waals surface area contributed by atoms with Crippen LogP contribution in [0.4, 0.5) is 0 Å². The summed E-state index contributed by atoms with van der Waals surface area (Å²) in [5, 5.41) is 3.66. The minimum Gasteiger partial charge on any atom is -0.321 e. The van der Waals surface area contributed by atoms with Gasteiger partial charge in [0.05, 0.1) is 0 Å². The molecule has 2 aromatic carbocycles. The van der Waals surface area contributed by atoms with Gasteiger partial charge in [-0.3, -0.25) is 0 Å². The second kappa shape index (κ2) is 5.33. The van der Waals surface area contributed by atoms with E-state index in [0.717, 1.165) is 16.7 Å². The molecule has 0 spiro atoms. The van der Waals surface area contributed by atoms with Crippen LogP contribution in [0.25, 0.3) is 11.1 Å². The second-order valence-corrected chi connectivity index (χ2v) is 4.03. The van der Waals surface area contributed by atoms with Crippen molar-refractivity contribution < 1.29 is 0 Å². The average molecular weight is 240 g/mol. The van der Waals surface area contributed by atoms with Crippen molar-refractivity contribution in [2.24, 2.45) is 16.8 Å². The Balaban J connectivity index is 2.54. The molecule has 0 aliphatic carbocycles. The summed E-state index contributed by atoms with van der Waals surface area (Å²) in [6.07, 6.45) is 0. The second-order valence-electron chi connectivity index (χ2n) is 4.03. The zero-order valence-corrected chi connectivity index (χ0v) is 10.2. The van der Waals surface area contributed by atoms with Gasteiger partial charge < -0.3 is 11.3 Å². The van der Waals surface area contributed by atoms with E-state index < -0.39 is 0 Å². The lowest BCUT2D eigenvalue weighted by atomic mass is 9.98. The van der Waals surface area contributed by atoms with Gasteiger partial charge in [0, 0.05) is 5.56 Å². The molecule has 92 valence electrons. The third kappa shape index (κ3) is 2.33. The predicted molar refractivity (Wildman–Crippen MR) is 74.7 cm³/mol. The Labute approximate surface area is 106 Å². The Morgan fingerprint density at radius 2 is 1.72 bits per heavy atom. The molecule has 0 fully saturated rings. The van der Waals surface area contributed by atoms with E-state index in [0.29, 0.717) is 5.84 Å². The van der Waals surface area contributed by atoms with Crippen LogP contribution in [-0.4, -0.2) is 5.84 Å². The molecular weight excluding hydrogens is 224 g/mol. The molecule has 4 nitrogen and oxygen atoms in total. The number of amidine groups is 1. The zero-order chi connectivity index (χ0) is 13.0. The van der Waals surface area contributed by atoms with Crippen LogP contribution in [0.2, 0.25) is 0 Å². The lowest BCUT2D eigenvalue weighted by Gasteiger charge is -2.11. The number of aryl methyl sites for hydroxylation is 1. The monoisotopic (exact) mass is 240 g/mol. The average Bonchev–Trinajstić information content (AvgIpc) is 2.42. The molecule has 0 amide bonds. The number of nitrogens with one attached hydrogen (secondary N) is 1. The highest BCUT2D eigenvalue weighted by Gasteiger charge is 2.09. The minimum absolute atomic E-state index is 0.464. The van der Waals surface area contributed by atoms with Crippen LogP contribution < -0.4 is 17.1 Å². The SMILES string of the molecule is Cc1ccc(-c2ccccc2/C(=N/N)NN)cc1. The van der Waals surface area contributed by atoms with Gasteiger partial charge in [0.15, 0.2) is 5.84 Å². The van der Waals surface area contributed by atoms with Crippen LogP contribution in [-0.2, 0) is 0 Å². The van der Waals surface area contributed by atoms with Crippen molar-refractivity contribution in [1.82, 2.24) is 5.43 Å². The maximum atomic E-state index is 5.43. The van der Waals surface area contributed by atoms with Crippen molar-refractivity contribution in [3.63, 3.8) is 0 Å². The fraction of sp³-hybridized carbons (Fsp3) is 0.0714. The fourth-order valence-electron chi connectivity index (χ4n) is 1.86. The van der Waals surface area contributed by atoms with E-state index in [1.54, 1.807) is 0 Å². The molecule has 0 aromatic heterocycles. The summed E-state index contributed by atoms with van der Waals surface area (Å²) in [6.45, 7) is 2.06. The summed E-state index contributed by atoms with van der Waals surface area (Å²) in [7, 11) is 0. The Bertz CT molecular complexity index is 558. The maximum Gasteiger partial charge on any atom is 0.167 e. The summed E-state index contributed by atoms with van der Waals surface area (Å²) >= 11 is 0. The Morgan fingerprint density at radius 3 is 2.33 bits per heavy atom. The molecule has 0 radical (unpaired) electrons. The molecule has 2 rings (SSSR count). The van der Waals surface area contributed by atoms with E-state index in [-0.39, 0.29) is 0 Å². The van der Waals surface area contributed by atoms with Crippen molar-refractivity contribution in [3.05, 3.63) is 59.7 Å². The first-order valence-corrected chi connectivity index (χ1v) is 5.67. The van der Waals surface area contributed by atoms with Crippen molar-refractivity contribution in [2.45, 2.75) is 6.92 Å². The number of nitrogens with zero attached hydrogens (tertiary/aromatic N) is 1. The molecular formula is C14H16N4. The van der Waals surface area contributed by atoms with Crippen molar-refractivity contribution in [2.75, 3.05) is 0 Å². The zero-order valence-electron chi connectivity index (χ0n) is 10.2. The van der Waals surface area contributed by atoms with Crippen molar-refractivity contribution >= 4 is 5.84 Å². The van der Waals surface area contributed by atoms with Crippen LogP contribution >= 0.6 is 0 Å². The molecule has 0 atom stereocenters. The fourth-order valence-corrected chi connectivity index (χ4v) is 1.86. The highest BCUT2D eigenvalue weighted by Crippen LogP contribution is 2.23. The van der Waals surface area contributed by atoms with Gasteiger partial charge in [0.2, 0.25) is 0 Å². The smallest absolute Gasteiger partial charge is 0.167 e. The lowest BCUT2D eigenvalue weighted by molar-refractivity contribution is 1.00. The quantitative estimate of drug-likeness (QED) is 0.324. The van der Waals surface area contributed by atoms with E-state index in [4.69, 9.17) is 11.7 Å². The summed E-state index contributed by atoms with van der Waals surface area (Å²) < 4.78 is 0. The van der Waals surface area contributed by atoms with E-state index >= 15 is 0 Å². The van der Waals surface area contributed by atoms with Crippen LogP contribution in [0.1, 0.15) is 11.1 Å². The standard InChI is InChI=1S/C14H16N4/c1-10-6-8-11(9-7-10)12-4-2-3-5-13(12)14(17-15)18-16/h2-9H,15-16H2,1H3,(H,17,18). The molecule has 0 bridgehead atoms. The van der Waals surface area contributed by atoms with Gasteiger partial charge in [-0.25, -0.2) is 5.84 Å². The first-order valence-electron chi connectivity index (χ1n) is 5.67. The van der Waals surface area contributed by atoms with Gasteiger partial charge in [-0.2, -0.15) is 5.10 Å². The molecule has 5 N–H and O–H groups in total. The number of hydrazine groups is 1. The summed E-state index contributed by atoms with van der Waals surface area (Å²) in [6, 6.07) is 16.1. The maximum absolute atomic E-state index is 5.43. The molecule has 2 aromatic rings. The third-order valence-corrected chi connectivity index (χ3v) is 2.81. The number of nitrogens with two attached hydrogens (primary N) is 2. The topological polar surface area (TPSA) is 76.4 Å². The van der Waals surface area contributed by atoms with E-state index in [9.17, 15) is 0 Å². The van der Waals surface area contributed by atoms with Gasteiger partial charge in [0.25, 0.3) is 0 Å². The molecule has 0 unspecified atom stereocenters. The van der Waals surface area contributed by atoms with Gasteiger partial charge in [-0.15, -0.1) is 0 Å². The molecule has 0 saturated heterocycles. The van der Waals surface area contributed by atoms with Crippen molar-refractivity contribution in [3.8, 4) is 11.1 Å². The molecule has 0 saturated carbocycles. The first-order chi connectivity index (χ1) is 8.76. The number of benzene rings is 2. The number of hydrazone groups is 1. The molecule has 0 aliphatic heterocycles. The van der Waals surface area contributed by atoms with Gasteiger partial charge in [0.1, 0.15) is 0 Å². The predicted octanol–water partition coefficient (Wildman–Crippen LogP) is 1.75. The van der Waals surface area contributed by atoms with Crippen molar-refractivity contribution in [1.29, 1.82) is 0 Å². The van der Waals surface area contributed by atoms with E-state index in [2.05, 4.69) is 41.7 Å². The number of rotatable bonds is 2. The van der Waals surface area contributed by atoms with Crippen LogP contribution in [0.3, 0.4) is 0 Å². The van der Waals surface area contributed by atoms with Gasteiger partial charge in [-0.05, 0) is 18.1 Å². The van der Waals surface area contributed by atoms with Gasteiger partial charge in [-0.1, -0.05) is 54.1 Å².